The molecule has 27 heavy (non-hydrogen) atoms. The summed E-state index contributed by atoms with van der Waals surface area (Å²) in [5, 5.41) is 6.19. The van der Waals surface area contributed by atoms with Crippen LogP contribution in [0.2, 0.25) is 0 Å². The van der Waals surface area contributed by atoms with E-state index in [0.717, 1.165) is 29.2 Å². The quantitative estimate of drug-likeness (QED) is 0.665. The van der Waals surface area contributed by atoms with Crippen molar-refractivity contribution in [1.82, 2.24) is 4.98 Å². The molecule has 4 rings (SSSR count). The minimum Gasteiger partial charge on any atom is -0.340 e. The van der Waals surface area contributed by atoms with Gasteiger partial charge >= 0.3 is 0 Å². The number of aryl methyl sites for hydroxylation is 1. The van der Waals surface area contributed by atoms with Crippen LogP contribution in [0.4, 0.5) is 17.2 Å². The maximum atomic E-state index is 11.2. The lowest BCUT2D eigenvalue weighted by Crippen LogP contribution is -2.05. The van der Waals surface area contributed by atoms with E-state index in [2.05, 4.69) is 52.9 Å². The Morgan fingerprint density at radius 1 is 1.04 bits per heavy atom. The summed E-state index contributed by atoms with van der Waals surface area (Å²) in [6.45, 7) is 3.63. The largest absolute Gasteiger partial charge is 0.340 e. The maximum absolute atomic E-state index is 11.2. The molecule has 4 nitrogen and oxygen atoms in total. The van der Waals surface area contributed by atoms with Crippen molar-refractivity contribution in [3.63, 3.8) is 0 Å². The maximum Gasteiger partial charge on any atom is 0.221 e. The predicted octanol–water partition coefficient (Wildman–Crippen LogP) is 5.33. The lowest BCUT2D eigenvalue weighted by molar-refractivity contribution is -0.114. The van der Waals surface area contributed by atoms with E-state index in [0.29, 0.717) is 0 Å². The van der Waals surface area contributed by atoms with E-state index in [1.807, 2.05) is 30.3 Å². The molecule has 0 saturated heterocycles. The first kappa shape index (κ1) is 17.0. The van der Waals surface area contributed by atoms with Crippen molar-refractivity contribution in [3.8, 4) is 11.1 Å². The van der Waals surface area contributed by atoms with Crippen molar-refractivity contribution >= 4 is 29.2 Å². The van der Waals surface area contributed by atoms with Gasteiger partial charge in [0.2, 0.25) is 5.91 Å². The molecule has 2 aromatic carbocycles. The molecule has 0 saturated carbocycles. The minimum absolute atomic E-state index is 0.0796. The van der Waals surface area contributed by atoms with E-state index in [9.17, 15) is 4.79 Å². The molecule has 1 amide bonds. The molecule has 0 spiro atoms. The third-order valence-corrected chi connectivity index (χ3v) is 4.60. The molecule has 134 valence electrons. The molecule has 1 aliphatic carbocycles. The van der Waals surface area contributed by atoms with Crippen LogP contribution in [0.15, 0.2) is 60.8 Å². The molecular weight excluding hydrogens is 334 g/mol. The Morgan fingerprint density at radius 2 is 1.81 bits per heavy atom. The second-order valence-corrected chi connectivity index (χ2v) is 6.77. The van der Waals surface area contributed by atoms with Crippen molar-refractivity contribution in [2.75, 3.05) is 10.6 Å². The van der Waals surface area contributed by atoms with Crippen LogP contribution >= 0.6 is 0 Å². The van der Waals surface area contributed by atoms with Gasteiger partial charge in [-0.25, -0.2) is 4.98 Å². The van der Waals surface area contributed by atoms with Gasteiger partial charge in [-0.3, -0.25) is 4.79 Å². The third-order valence-electron chi connectivity index (χ3n) is 4.60. The van der Waals surface area contributed by atoms with Crippen LogP contribution in [0.1, 0.15) is 23.6 Å². The van der Waals surface area contributed by atoms with E-state index in [1.54, 1.807) is 6.20 Å². The number of rotatable bonds is 4. The summed E-state index contributed by atoms with van der Waals surface area (Å²) in [5.74, 6) is 0.738. The summed E-state index contributed by atoms with van der Waals surface area (Å²) >= 11 is 0. The van der Waals surface area contributed by atoms with Gasteiger partial charge in [0.25, 0.3) is 0 Å². The van der Waals surface area contributed by atoms with Gasteiger partial charge in [0.1, 0.15) is 5.82 Å². The number of pyridine rings is 1. The van der Waals surface area contributed by atoms with Crippen molar-refractivity contribution < 1.29 is 4.79 Å². The van der Waals surface area contributed by atoms with E-state index >= 15 is 0 Å². The number of nitrogens with one attached hydrogen (secondary N) is 2. The summed E-state index contributed by atoms with van der Waals surface area (Å²) in [6.07, 6.45) is 7.18. The fraction of sp³-hybridized carbons (Fsp3) is 0.130. The van der Waals surface area contributed by atoms with Crippen molar-refractivity contribution in [2.45, 2.75) is 20.3 Å². The van der Waals surface area contributed by atoms with Crippen LogP contribution in [0.5, 0.6) is 0 Å². The Bertz CT molecular complexity index is 1040. The molecule has 2 N–H and O–H groups in total. The normalized spacial score (nSPS) is 11.9. The zero-order valence-corrected chi connectivity index (χ0v) is 15.4. The Balaban J connectivity index is 1.69. The molecule has 0 unspecified atom stereocenters. The number of fused-ring (bicyclic) bond motifs is 1. The molecule has 1 heterocycles. The third kappa shape index (κ3) is 3.60. The summed E-state index contributed by atoms with van der Waals surface area (Å²) in [7, 11) is 0. The van der Waals surface area contributed by atoms with Crippen LogP contribution < -0.4 is 10.6 Å². The lowest BCUT2D eigenvalue weighted by Gasteiger charge is -2.15. The van der Waals surface area contributed by atoms with Gasteiger partial charge in [-0.15, -0.1) is 0 Å². The van der Waals surface area contributed by atoms with Crippen LogP contribution in [-0.4, -0.2) is 10.9 Å². The van der Waals surface area contributed by atoms with Crippen molar-refractivity contribution in [2.24, 2.45) is 0 Å². The highest BCUT2D eigenvalue weighted by atomic mass is 16.1. The molecule has 1 aromatic heterocycles. The standard InChI is InChI=1S/C23H21N3O/c1-15-13-17-5-3-6-20(17)22(14-15)21-7-4-12-24-23(21)26-19-10-8-18(9-11-19)25-16(2)27/h3-4,6-14H,5H2,1-2H3,(H,24,26)(H,25,27). The smallest absolute Gasteiger partial charge is 0.221 e. The van der Waals surface area contributed by atoms with Crippen LogP contribution in [0.3, 0.4) is 0 Å². The minimum atomic E-state index is -0.0796. The first-order chi connectivity index (χ1) is 13.1. The highest BCUT2D eigenvalue weighted by Gasteiger charge is 2.15. The molecule has 0 radical (unpaired) electrons. The molecule has 0 aliphatic heterocycles. The van der Waals surface area contributed by atoms with Crippen LogP contribution in [-0.2, 0) is 11.2 Å². The van der Waals surface area contributed by atoms with Gasteiger partial charge in [0.05, 0.1) is 0 Å². The monoisotopic (exact) mass is 355 g/mol. The zero-order valence-electron chi connectivity index (χ0n) is 15.4. The number of hydrogen-bond acceptors (Lipinski definition) is 3. The van der Waals surface area contributed by atoms with Gasteiger partial charge < -0.3 is 10.6 Å². The Morgan fingerprint density at radius 3 is 2.59 bits per heavy atom. The Kier molecular flexibility index (Phi) is 4.47. The molecule has 3 aromatic rings. The SMILES string of the molecule is CC(=O)Nc1ccc(Nc2ncccc2-c2cc(C)cc3c2C=CC3)cc1. The number of hydrogen-bond donors (Lipinski definition) is 2. The predicted molar refractivity (Wildman–Crippen MR) is 111 cm³/mol. The van der Waals surface area contributed by atoms with Gasteiger partial charge in [0, 0.05) is 30.1 Å². The molecule has 1 aliphatic rings. The number of carbonyl (C=O) groups is 1. The Labute approximate surface area is 159 Å². The van der Waals surface area contributed by atoms with Crippen molar-refractivity contribution in [1.29, 1.82) is 0 Å². The average Bonchev–Trinajstić information content (AvgIpc) is 3.11. The van der Waals surface area contributed by atoms with Gasteiger partial charge in [-0.2, -0.15) is 0 Å². The topological polar surface area (TPSA) is 54.0 Å². The molecule has 0 fully saturated rings. The lowest BCUT2D eigenvalue weighted by atomic mass is 9.95. The summed E-state index contributed by atoms with van der Waals surface area (Å²) in [6, 6.07) is 16.2. The fourth-order valence-electron chi connectivity index (χ4n) is 3.46. The number of allylic oxidation sites excluding steroid dienone is 1. The summed E-state index contributed by atoms with van der Waals surface area (Å²) < 4.78 is 0. The number of anilines is 3. The molecular formula is C23H21N3O. The number of amides is 1. The van der Waals surface area contributed by atoms with Gasteiger partial charge in [-0.1, -0.05) is 29.8 Å². The molecule has 0 bridgehead atoms. The Hall–Kier alpha value is -3.40. The fourth-order valence-corrected chi connectivity index (χ4v) is 3.46. The highest BCUT2D eigenvalue weighted by molar-refractivity contribution is 5.89. The van der Waals surface area contributed by atoms with E-state index in [-0.39, 0.29) is 5.91 Å². The first-order valence-corrected chi connectivity index (χ1v) is 9.00. The highest BCUT2D eigenvalue weighted by Crippen LogP contribution is 2.36. The second kappa shape index (κ2) is 7.08. The van der Waals surface area contributed by atoms with Crippen LogP contribution in [0, 0.1) is 6.92 Å². The van der Waals surface area contributed by atoms with Gasteiger partial charge in [-0.05, 0) is 66.4 Å². The zero-order chi connectivity index (χ0) is 18.8. The first-order valence-electron chi connectivity index (χ1n) is 9.00. The molecule has 0 atom stereocenters. The van der Waals surface area contributed by atoms with Gasteiger partial charge in [0.15, 0.2) is 0 Å². The number of benzene rings is 2. The second-order valence-electron chi connectivity index (χ2n) is 6.77. The van der Waals surface area contributed by atoms with E-state index < -0.39 is 0 Å². The number of aromatic nitrogens is 1. The van der Waals surface area contributed by atoms with E-state index in [4.69, 9.17) is 0 Å². The van der Waals surface area contributed by atoms with E-state index in [1.165, 1.54) is 29.2 Å². The number of nitrogens with zero attached hydrogens (tertiary/aromatic N) is 1. The summed E-state index contributed by atoms with van der Waals surface area (Å²) in [5.41, 5.74) is 7.86. The average molecular weight is 355 g/mol. The van der Waals surface area contributed by atoms with Crippen LogP contribution in [0.25, 0.3) is 17.2 Å². The summed E-state index contributed by atoms with van der Waals surface area (Å²) in [4.78, 5) is 15.7. The van der Waals surface area contributed by atoms with Crippen molar-refractivity contribution in [3.05, 3.63) is 77.5 Å². The molecule has 4 heteroatoms. The number of carbonyl (C=O) groups excluding carboxylic acids is 1.